The van der Waals surface area contributed by atoms with Gasteiger partial charge in [0, 0.05) is 56.1 Å². The number of hydrogen-bond donors (Lipinski definition) is 0. The summed E-state index contributed by atoms with van der Waals surface area (Å²) in [5, 5.41) is 6.45. The second kappa shape index (κ2) is 9.71. The molecule has 1 atom stereocenters. The van der Waals surface area contributed by atoms with Gasteiger partial charge >= 0.3 is 0 Å². The number of fused-ring (bicyclic) bond motifs is 9. The molecular weight excluding hydrogens is 579 g/mol. The number of para-hydroxylation sites is 3. The van der Waals surface area contributed by atoms with Crippen LogP contribution in [0.15, 0.2) is 146 Å². The smallest absolute Gasteiger partial charge is 0.142 e. The molecule has 10 rings (SSSR count). The standard InChI is InChI=1S/C42H29N3S/c1-43-24-23-33-32-15-7-10-18-40(32)46-41(33)42(43)45-37-17-9-6-14-31(37)35-26-28(20-22-39(35)45)27-19-21-38-34(25-27)30-13-5-8-16-36(30)44(38)29-11-3-2-4-12-29/h2-26,42H,1H3. The molecule has 3 nitrogen and oxygen atoms in total. The maximum absolute atomic E-state index is 2.54. The van der Waals surface area contributed by atoms with E-state index in [9.17, 15) is 0 Å². The molecule has 218 valence electrons. The van der Waals surface area contributed by atoms with Crippen molar-refractivity contribution in [2.24, 2.45) is 0 Å². The number of thiophene rings is 1. The van der Waals surface area contributed by atoms with Gasteiger partial charge < -0.3 is 14.0 Å². The lowest BCUT2D eigenvalue weighted by atomic mass is 10.0. The highest BCUT2D eigenvalue weighted by atomic mass is 32.1. The molecule has 1 aliphatic heterocycles. The number of hydrogen-bond acceptors (Lipinski definition) is 2. The summed E-state index contributed by atoms with van der Waals surface area (Å²) in [5.74, 6) is 0. The van der Waals surface area contributed by atoms with Crippen LogP contribution in [0.4, 0.5) is 0 Å². The summed E-state index contributed by atoms with van der Waals surface area (Å²) in [6, 6.07) is 51.1. The molecular formula is C42H29N3S. The molecule has 9 aromatic rings. The molecule has 1 aliphatic rings. The largest absolute Gasteiger partial charge is 0.356 e. The van der Waals surface area contributed by atoms with E-state index >= 15 is 0 Å². The van der Waals surface area contributed by atoms with Gasteiger partial charge in [-0.15, -0.1) is 11.3 Å². The Bertz CT molecular complexity index is 2670. The summed E-state index contributed by atoms with van der Waals surface area (Å²) < 4.78 is 6.26. The SMILES string of the molecule is CN1C=Cc2c(sc3ccccc23)C1n1c2ccccc2c2cc(-c3ccc4c(c3)c3ccccc3n4-c3ccccc3)ccc21. The minimum atomic E-state index is 0.0751. The molecule has 0 amide bonds. The second-order valence-electron chi connectivity index (χ2n) is 12.3. The van der Waals surface area contributed by atoms with E-state index in [-0.39, 0.29) is 6.17 Å². The Morgan fingerprint density at radius 2 is 1.09 bits per heavy atom. The van der Waals surface area contributed by atoms with Gasteiger partial charge in [-0.3, -0.25) is 0 Å². The number of aromatic nitrogens is 2. The molecule has 1 unspecified atom stereocenters. The van der Waals surface area contributed by atoms with E-state index in [4.69, 9.17) is 0 Å². The average molecular weight is 608 g/mol. The molecule has 4 heterocycles. The molecule has 0 fully saturated rings. The van der Waals surface area contributed by atoms with E-state index in [0.29, 0.717) is 0 Å². The first-order valence-electron chi connectivity index (χ1n) is 15.8. The van der Waals surface area contributed by atoms with Crippen molar-refractivity contribution in [3.05, 3.63) is 156 Å². The highest BCUT2D eigenvalue weighted by Crippen LogP contribution is 2.45. The number of nitrogens with zero attached hydrogens (tertiary/aromatic N) is 3. The predicted molar refractivity (Wildman–Crippen MR) is 196 cm³/mol. The Morgan fingerprint density at radius 1 is 0.522 bits per heavy atom. The normalized spacial score (nSPS) is 14.7. The molecule has 0 N–H and O–H groups in total. The van der Waals surface area contributed by atoms with Gasteiger partial charge in [0.25, 0.3) is 0 Å². The first-order valence-corrected chi connectivity index (χ1v) is 16.6. The summed E-state index contributed by atoms with van der Waals surface area (Å²) >= 11 is 1.91. The van der Waals surface area contributed by atoms with Crippen molar-refractivity contribution in [3.63, 3.8) is 0 Å². The Labute approximate surface area is 270 Å². The van der Waals surface area contributed by atoms with Crippen LogP contribution in [0.5, 0.6) is 0 Å². The first-order chi connectivity index (χ1) is 22.7. The molecule has 0 saturated carbocycles. The Morgan fingerprint density at radius 3 is 1.87 bits per heavy atom. The highest BCUT2D eigenvalue weighted by Gasteiger charge is 2.29. The molecule has 0 spiro atoms. The fraction of sp³-hybridized carbons (Fsp3) is 0.0476. The lowest BCUT2D eigenvalue weighted by molar-refractivity contribution is 0.309. The van der Waals surface area contributed by atoms with Crippen molar-refractivity contribution in [2.45, 2.75) is 6.17 Å². The van der Waals surface area contributed by atoms with Crippen LogP contribution >= 0.6 is 11.3 Å². The minimum absolute atomic E-state index is 0.0751. The molecule has 4 heteroatoms. The van der Waals surface area contributed by atoms with Gasteiger partial charge in [-0.1, -0.05) is 84.9 Å². The van der Waals surface area contributed by atoms with Gasteiger partial charge in [0.2, 0.25) is 0 Å². The van der Waals surface area contributed by atoms with Crippen LogP contribution in [0, 0.1) is 0 Å². The highest BCUT2D eigenvalue weighted by molar-refractivity contribution is 7.19. The maximum Gasteiger partial charge on any atom is 0.142 e. The van der Waals surface area contributed by atoms with Crippen LogP contribution < -0.4 is 0 Å². The number of benzene rings is 6. The van der Waals surface area contributed by atoms with Crippen molar-refractivity contribution in [1.29, 1.82) is 0 Å². The third-order valence-electron chi connectivity index (χ3n) is 9.73. The Hall–Kier alpha value is -5.58. The van der Waals surface area contributed by atoms with Crippen LogP contribution in [0.1, 0.15) is 16.6 Å². The first kappa shape index (κ1) is 25.7. The van der Waals surface area contributed by atoms with Gasteiger partial charge in [0.15, 0.2) is 0 Å². The van der Waals surface area contributed by atoms with E-state index in [1.807, 2.05) is 11.3 Å². The van der Waals surface area contributed by atoms with Crippen molar-refractivity contribution in [1.82, 2.24) is 14.0 Å². The van der Waals surface area contributed by atoms with Crippen molar-refractivity contribution >= 4 is 71.1 Å². The van der Waals surface area contributed by atoms with Crippen LogP contribution in [0.3, 0.4) is 0 Å². The lowest BCUT2D eigenvalue weighted by Gasteiger charge is -2.32. The quantitative estimate of drug-likeness (QED) is 0.195. The monoisotopic (exact) mass is 607 g/mol. The van der Waals surface area contributed by atoms with E-state index in [2.05, 4.69) is 173 Å². The fourth-order valence-corrected chi connectivity index (χ4v) is 9.00. The lowest BCUT2D eigenvalue weighted by Crippen LogP contribution is -2.27. The fourth-order valence-electron chi connectivity index (χ4n) is 7.66. The molecule has 6 aromatic carbocycles. The zero-order valence-electron chi connectivity index (χ0n) is 25.3. The molecule has 0 saturated heterocycles. The van der Waals surface area contributed by atoms with Gasteiger partial charge in [0.05, 0.1) is 26.9 Å². The molecule has 0 bridgehead atoms. The Balaban J connectivity index is 1.18. The summed E-state index contributed by atoms with van der Waals surface area (Å²) in [4.78, 5) is 3.74. The van der Waals surface area contributed by atoms with E-state index < -0.39 is 0 Å². The van der Waals surface area contributed by atoms with Crippen LogP contribution in [0.2, 0.25) is 0 Å². The van der Waals surface area contributed by atoms with E-state index in [1.54, 1.807) is 0 Å². The summed E-state index contributed by atoms with van der Waals surface area (Å²) in [5.41, 5.74) is 9.94. The predicted octanol–water partition coefficient (Wildman–Crippen LogP) is 11.2. The maximum atomic E-state index is 2.54. The van der Waals surface area contributed by atoms with Gasteiger partial charge in [-0.2, -0.15) is 0 Å². The summed E-state index contributed by atoms with van der Waals surface area (Å²) in [7, 11) is 2.20. The average Bonchev–Trinajstić information content (AvgIpc) is 3.76. The third-order valence-corrected chi connectivity index (χ3v) is 11.0. The summed E-state index contributed by atoms with van der Waals surface area (Å²) in [6.07, 6.45) is 4.59. The number of rotatable bonds is 3. The van der Waals surface area contributed by atoms with E-state index in [0.717, 1.165) is 0 Å². The van der Waals surface area contributed by atoms with Crippen LogP contribution in [-0.4, -0.2) is 21.1 Å². The van der Waals surface area contributed by atoms with Crippen LogP contribution in [-0.2, 0) is 0 Å². The summed E-state index contributed by atoms with van der Waals surface area (Å²) in [6.45, 7) is 0. The van der Waals surface area contributed by atoms with Gasteiger partial charge in [-0.05, 0) is 71.8 Å². The zero-order chi connectivity index (χ0) is 30.4. The molecule has 0 radical (unpaired) electrons. The molecule has 0 aliphatic carbocycles. The third kappa shape index (κ3) is 3.59. The zero-order valence-corrected chi connectivity index (χ0v) is 26.1. The molecule has 3 aromatic heterocycles. The molecule has 46 heavy (non-hydrogen) atoms. The van der Waals surface area contributed by atoms with Gasteiger partial charge in [-0.25, -0.2) is 0 Å². The Kier molecular flexibility index (Phi) is 5.43. The van der Waals surface area contributed by atoms with Crippen molar-refractivity contribution < 1.29 is 0 Å². The van der Waals surface area contributed by atoms with Crippen molar-refractivity contribution in [3.8, 4) is 16.8 Å². The topological polar surface area (TPSA) is 13.1 Å². The van der Waals surface area contributed by atoms with Crippen LogP contribution in [0.25, 0.3) is 76.6 Å². The van der Waals surface area contributed by atoms with E-state index in [1.165, 1.54) is 81.0 Å². The second-order valence-corrected chi connectivity index (χ2v) is 13.4. The van der Waals surface area contributed by atoms with Crippen molar-refractivity contribution in [2.75, 3.05) is 7.05 Å². The van der Waals surface area contributed by atoms with Gasteiger partial charge in [0.1, 0.15) is 6.17 Å². The minimum Gasteiger partial charge on any atom is -0.356 e.